The molecule has 0 atom stereocenters. The normalized spacial score (nSPS) is 11.6. The van der Waals surface area contributed by atoms with Crippen LogP contribution in [0.15, 0.2) is 207 Å². The lowest BCUT2D eigenvalue weighted by Crippen LogP contribution is -2.01. The van der Waals surface area contributed by atoms with E-state index in [0.29, 0.717) is 5.95 Å². The summed E-state index contributed by atoms with van der Waals surface area (Å²) < 4.78 is 4.56. The third-order valence-corrected chi connectivity index (χ3v) is 11.1. The molecular weight excluding hydrogens is 681 g/mol. The van der Waals surface area contributed by atoms with Crippen molar-refractivity contribution in [3.05, 3.63) is 207 Å². The summed E-state index contributed by atoms with van der Waals surface area (Å²) in [5.74, 6) is 0.644. The molecule has 0 aliphatic rings. The van der Waals surface area contributed by atoms with E-state index < -0.39 is 0 Å². The Kier molecular flexibility index (Phi) is 7.46. The molecule has 3 heterocycles. The largest absolute Gasteiger partial charge is 0.309 e. The number of hydrogen-bond acceptors (Lipinski definition) is 2. The Bertz CT molecular complexity index is 3230. The fraction of sp³-hybridized carbons (Fsp3) is 0. The van der Waals surface area contributed by atoms with Gasteiger partial charge in [-0.3, -0.25) is 4.57 Å². The third-order valence-electron chi connectivity index (χ3n) is 11.1. The number of rotatable bonds is 6. The first-order valence-electron chi connectivity index (χ1n) is 19.0. The molecule has 0 fully saturated rings. The Labute approximate surface area is 324 Å². The lowest BCUT2D eigenvalue weighted by molar-refractivity contribution is 0.990. The Balaban J connectivity index is 0.997. The van der Waals surface area contributed by atoms with Crippen LogP contribution in [0.3, 0.4) is 0 Å². The third kappa shape index (κ3) is 5.23. The average Bonchev–Trinajstić information content (AvgIpc) is 3.79. The fourth-order valence-corrected chi connectivity index (χ4v) is 8.43. The molecule has 0 radical (unpaired) electrons. The monoisotopic (exact) mass is 714 g/mol. The molecule has 0 aliphatic heterocycles. The maximum Gasteiger partial charge on any atom is 0.234 e. The second-order valence-corrected chi connectivity index (χ2v) is 14.3. The van der Waals surface area contributed by atoms with E-state index in [-0.39, 0.29) is 0 Å². The summed E-state index contributed by atoms with van der Waals surface area (Å²) in [6, 6.07) is 69.2. The fourth-order valence-electron chi connectivity index (χ4n) is 8.43. The van der Waals surface area contributed by atoms with Crippen molar-refractivity contribution in [3.8, 4) is 56.1 Å². The minimum atomic E-state index is 0.644. The van der Waals surface area contributed by atoms with Gasteiger partial charge >= 0.3 is 0 Å². The predicted octanol–water partition coefficient (Wildman–Crippen LogP) is 13.3. The summed E-state index contributed by atoms with van der Waals surface area (Å²) in [6.07, 6.45) is 3.91. The van der Waals surface area contributed by atoms with E-state index >= 15 is 0 Å². The van der Waals surface area contributed by atoms with Crippen LogP contribution in [-0.2, 0) is 0 Å². The van der Waals surface area contributed by atoms with Gasteiger partial charge in [0, 0.05) is 45.2 Å². The van der Waals surface area contributed by atoms with E-state index in [2.05, 4.69) is 203 Å². The van der Waals surface area contributed by atoms with Gasteiger partial charge in [-0.05, 0) is 87.5 Å². The summed E-state index contributed by atoms with van der Waals surface area (Å²) in [5, 5.41) is 4.83. The van der Waals surface area contributed by atoms with Crippen molar-refractivity contribution < 1.29 is 0 Å². The van der Waals surface area contributed by atoms with E-state index in [1.807, 2.05) is 12.4 Å². The molecule has 0 spiro atoms. The van der Waals surface area contributed by atoms with E-state index in [0.717, 1.165) is 49.9 Å². The first-order chi connectivity index (χ1) is 27.8. The maximum absolute atomic E-state index is 5.02. The molecule has 11 rings (SSSR count). The molecule has 0 aliphatic carbocycles. The lowest BCUT2D eigenvalue weighted by atomic mass is 9.94. The van der Waals surface area contributed by atoms with Gasteiger partial charge in [-0.2, -0.15) is 0 Å². The topological polar surface area (TPSA) is 35.6 Å². The van der Waals surface area contributed by atoms with Crippen LogP contribution in [0.2, 0.25) is 0 Å². The van der Waals surface area contributed by atoms with Crippen LogP contribution in [0.25, 0.3) is 99.8 Å². The quantitative estimate of drug-likeness (QED) is 0.172. The van der Waals surface area contributed by atoms with Gasteiger partial charge in [0.1, 0.15) is 0 Å². The molecule has 262 valence electrons. The smallest absolute Gasteiger partial charge is 0.234 e. The molecule has 0 amide bonds. The summed E-state index contributed by atoms with van der Waals surface area (Å²) in [4.78, 5) is 10.0. The van der Waals surface area contributed by atoms with Crippen LogP contribution in [-0.4, -0.2) is 19.1 Å². The minimum absolute atomic E-state index is 0.644. The molecule has 0 unspecified atom stereocenters. The van der Waals surface area contributed by atoms with Crippen LogP contribution in [0.4, 0.5) is 0 Å². The van der Waals surface area contributed by atoms with E-state index in [4.69, 9.17) is 9.97 Å². The highest BCUT2D eigenvalue weighted by Gasteiger charge is 2.18. The Morgan fingerprint density at radius 1 is 0.286 bits per heavy atom. The summed E-state index contributed by atoms with van der Waals surface area (Å²) in [5.41, 5.74) is 14.8. The van der Waals surface area contributed by atoms with Crippen LogP contribution >= 0.6 is 0 Å². The van der Waals surface area contributed by atoms with Gasteiger partial charge in [0.15, 0.2) is 0 Å². The highest BCUT2D eigenvalue weighted by Crippen LogP contribution is 2.39. The van der Waals surface area contributed by atoms with Crippen molar-refractivity contribution in [1.82, 2.24) is 19.1 Å². The van der Waals surface area contributed by atoms with Gasteiger partial charge in [0.25, 0.3) is 0 Å². The van der Waals surface area contributed by atoms with Gasteiger partial charge in [-0.25, -0.2) is 9.97 Å². The molecule has 56 heavy (non-hydrogen) atoms. The van der Waals surface area contributed by atoms with Crippen LogP contribution < -0.4 is 0 Å². The first-order valence-corrected chi connectivity index (χ1v) is 19.0. The van der Waals surface area contributed by atoms with Gasteiger partial charge in [-0.15, -0.1) is 0 Å². The first kappa shape index (κ1) is 31.9. The predicted molar refractivity (Wildman–Crippen MR) is 232 cm³/mol. The molecular formula is C52H34N4. The number of benzene rings is 8. The SMILES string of the molecule is c1ccc(-c2cccc(-c3ccccc3-c3cnc(-n4c5ccccc5c5cc(-c6ccc7c8ccccc8n(-c8ccccc8)c7c6)ccc54)nc3)c2)cc1. The van der Waals surface area contributed by atoms with Gasteiger partial charge in [-0.1, -0.05) is 146 Å². The number of aromatic nitrogens is 4. The highest BCUT2D eigenvalue weighted by molar-refractivity contribution is 6.12. The molecule has 0 bridgehead atoms. The Morgan fingerprint density at radius 3 is 1.57 bits per heavy atom. The van der Waals surface area contributed by atoms with Crippen molar-refractivity contribution in [3.63, 3.8) is 0 Å². The number of nitrogens with zero attached hydrogens (tertiary/aromatic N) is 4. The molecule has 4 nitrogen and oxygen atoms in total. The van der Waals surface area contributed by atoms with Gasteiger partial charge in [0.05, 0.1) is 22.1 Å². The van der Waals surface area contributed by atoms with E-state index in [1.165, 1.54) is 43.9 Å². The van der Waals surface area contributed by atoms with Crippen LogP contribution in [0, 0.1) is 0 Å². The highest BCUT2D eigenvalue weighted by atomic mass is 15.1. The molecule has 3 aromatic heterocycles. The van der Waals surface area contributed by atoms with Crippen molar-refractivity contribution in [2.75, 3.05) is 0 Å². The van der Waals surface area contributed by atoms with Crippen LogP contribution in [0.5, 0.6) is 0 Å². The molecule has 0 N–H and O–H groups in total. The summed E-state index contributed by atoms with van der Waals surface area (Å²) in [6.45, 7) is 0. The molecule has 8 aromatic carbocycles. The standard InChI is InChI=1S/C52H34N4/c1-3-14-35(15-4-1)36-16-13-17-39(30-36)42-20-7-8-21-43(42)40-33-53-52(54-34-40)56-49-25-12-10-23-45(49)47-31-37(27-29-50(47)56)38-26-28-46-44-22-9-11-24-48(44)55(51(46)32-38)41-18-5-2-6-19-41/h1-34H. The summed E-state index contributed by atoms with van der Waals surface area (Å²) in [7, 11) is 0. The number of hydrogen-bond donors (Lipinski definition) is 0. The van der Waals surface area contributed by atoms with Crippen molar-refractivity contribution in [2.45, 2.75) is 0 Å². The zero-order chi connectivity index (χ0) is 37.0. The number of para-hydroxylation sites is 3. The molecule has 0 saturated carbocycles. The van der Waals surface area contributed by atoms with E-state index in [1.54, 1.807) is 0 Å². The Hall–Kier alpha value is -7.56. The second-order valence-electron chi connectivity index (χ2n) is 14.3. The zero-order valence-corrected chi connectivity index (χ0v) is 30.4. The second kappa shape index (κ2) is 13.1. The Morgan fingerprint density at radius 2 is 0.804 bits per heavy atom. The van der Waals surface area contributed by atoms with Crippen molar-refractivity contribution in [2.24, 2.45) is 0 Å². The van der Waals surface area contributed by atoms with Crippen LogP contribution in [0.1, 0.15) is 0 Å². The minimum Gasteiger partial charge on any atom is -0.309 e. The molecule has 11 aromatic rings. The molecule has 4 heteroatoms. The van der Waals surface area contributed by atoms with E-state index in [9.17, 15) is 0 Å². The average molecular weight is 715 g/mol. The zero-order valence-electron chi connectivity index (χ0n) is 30.4. The lowest BCUT2D eigenvalue weighted by Gasteiger charge is -2.12. The maximum atomic E-state index is 5.02. The van der Waals surface area contributed by atoms with Gasteiger partial charge in [0.2, 0.25) is 5.95 Å². The van der Waals surface area contributed by atoms with Gasteiger partial charge < -0.3 is 4.57 Å². The van der Waals surface area contributed by atoms with Crippen molar-refractivity contribution in [1.29, 1.82) is 0 Å². The number of fused-ring (bicyclic) bond motifs is 6. The summed E-state index contributed by atoms with van der Waals surface area (Å²) >= 11 is 0. The van der Waals surface area contributed by atoms with Crippen molar-refractivity contribution >= 4 is 43.6 Å². The molecule has 0 saturated heterocycles.